The molecule has 5 N–H and O–H groups in total. The van der Waals surface area contributed by atoms with Crippen molar-refractivity contribution < 1.29 is 0 Å². The predicted molar refractivity (Wildman–Crippen MR) is 122 cm³/mol. The van der Waals surface area contributed by atoms with Gasteiger partial charge >= 0.3 is 5.69 Å². The van der Waals surface area contributed by atoms with Crippen LogP contribution in [0.2, 0.25) is 0 Å². The average molecular weight is 427 g/mol. The molecule has 0 spiro atoms. The first kappa shape index (κ1) is 21.9. The van der Waals surface area contributed by atoms with Gasteiger partial charge in [-0.15, -0.1) is 0 Å². The van der Waals surface area contributed by atoms with Crippen LogP contribution in [0.5, 0.6) is 0 Å². The Kier molecular flexibility index (Phi) is 7.63. The van der Waals surface area contributed by atoms with Gasteiger partial charge in [0.2, 0.25) is 0 Å². The van der Waals surface area contributed by atoms with Crippen molar-refractivity contribution in [3.63, 3.8) is 0 Å². The topological polar surface area (TPSA) is 113 Å². The van der Waals surface area contributed by atoms with E-state index in [4.69, 9.17) is 5.73 Å². The van der Waals surface area contributed by atoms with Gasteiger partial charge in [0.25, 0.3) is 0 Å². The van der Waals surface area contributed by atoms with E-state index in [1.807, 2.05) is 30.6 Å². The van der Waals surface area contributed by atoms with Crippen LogP contribution in [0.1, 0.15) is 31.2 Å². The highest BCUT2D eigenvalue weighted by Gasteiger charge is 2.16. The molecule has 2 aromatic heterocycles. The van der Waals surface area contributed by atoms with Crippen LogP contribution in [0, 0.1) is 0 Å². The van der Waals surface area contributed by atoms with Gasteiger partial charge in [0.05, 0.1) is 0 Å². The largest absolute Gasteiger partial charge is 0.349 e. The summed E-state index contributed by atoms with van der Waals surface area (Å²) in [7, 11) is 0. The molecular weight excluding hydrogens is 392 g/mol. The first-order valence-corrected chi connectivity index (χ1v) is 11.4. The van der Waals surface area contributed by atoms with E-state index < -0.39 is 0 Å². The van der Waals surface area contributed by atoms with Crippen LogP contribution in [0.3, 0.4) is 0 Å². The second-order valence-electron chi connectivity index (χ2n) is 8.59. The molecule has 168 valence electrons. The van der Waals surface area contributed by atoms with E-state index >= 15 is 0 Å². The molecule has 0 saturated carbocycles. The summed E-state index contributed by atoms with van der Waals surface area (Å²) in [6.07, 6.45) is 7.87. The third-order valence-corrected chi connectivity index (χ3v) is 6.09. The number of pyridine rings is 1. The van der Waals surface area contributed by atoms with Crippen LogP contribution in [0.4, 0.5) is 11.6 Å². The molecule has 2 aromatic rings. The highest BCUT2D eigenvalue weighted by atomic mass is 16.1. The summed E-state index contributed by atoms with van der Waals surface area (Å²) < 4.78 is 1.68. The van der Waals surface area contributed by atoms with Gasteiger partial charge in [0.15, 0.2) is 0 Å². The SMILES string of the molecule is NC1CCN(CCCCn2ccc(Nc3ccc(CNC4CNC4)cn3)nc2=O)CC1. The maximum atomic E-state index is 12.4. The van der Waals surface area contributed by atoms with E-state index in [0.29, 0.717) is 30.3 Å². The minimum atomic E-state index is -0.233. The van der Waals surface area contributed by atoms with E-state index in [1.54, 1.807) is 4.57 Å². The molecule has 0 radical (unpaired) electrons. The summed E-state index contributed by atoms with van der Waals surface area (Å²) in [6, 6.07) is 6.70. The van der Waals surface area contributed by atoms with Crippen LogP contribution in [-0.4, -0.2) is 64.2 Å². The number of nitrogens with one attached hydrogen (secondary N) is 3. The van der Waals surface area contributed by atoms with Gasteiger partial charge in [-0.1, -0.05) is 6.07 Å². The van der Waals surface area contributed by atoms with Crippen LogP contribution >= 0.6 is 0 Å². The van der Waals surface area contributed by atoms with Crippen LogP contribution in [-0.2, 0) is 13.1 Å². The van der Waals surface area contributed by atoms with Gasteiger partial charge < -0.3 is 26.6 Å². The average Bonchev–Trinajstić information content (AvgIpc) is 2.74. The number of anilines is 2. The highest BCUT2D eigenvalue weighted by molar-refractivity contribution is 5.50. The van der Waals surface area contributed by atoms with E-state index in [0.717, 1.165) is 70.5 Å². The summed E-state index contributed by atoms with van der Waals surface area (Å²) in [6.45, 7) is 6.80. The van der Waals surface area contributed by atoms with Crippen molar-refractivity contribution in [3.8, 4) is 0 Å². The molecular formula is C22H34N8O. The van der Waals surface area contributed by atoms with Crippen molar-refractivity contribution in [1.29, 1.82) is 0 Å². The minimum Gasteiger partial charge on any atom is -0.328 e. The summed E-state index contributed by atoms with van der Waals surface area (Å²) in [5.74, 6) is 1.20. The van der Waals surface area contributed by atoms with Crippen molar-refractivity contribution >= 4 is 11.6 Å². The first-order chi connectivity index (χ1) is 15.2. The molecule has 2 aliphatic rings. The van der Waals surface area contributed by atoms with Gasteiger partial charge in [0, 0.05) is 50.7 Å². The number of nitrogens with two attached hydrogens (primary N) is 1. The lowest BCUT2D eigenvalue weighted by atomic mass is 10.1. The molecule has 4 heterocycles. The molecule has 2 saturated heterocycles. The number of aryl methyl sites for hydroxylation is 1. The van der Waals surface area contributed by atoms with Gasteiger partial charge in [-0.05, 0) is 63.0 Å². The minimum absolute atomic E-state index is 0.233. The van der Waals surface area contributed by atoms with E-state index in [9.17, 15) is 4.79 Å². The lowest BCUT2D eigenvalue weighted by molar-refractivity contribution is 0.208. The number of piperidine rings is 1. The maximum Gasteiger partial charge on any atom is 0.349 e. The Bertz CT molecular complexity index is 872. The third kappa shape index (κ3) is 6.57. The number of likely N-dealkylation sites (tertiary alicyclic amines) is 1. The van der Waals surface area contributed by atoms with E-state index in [2.05, 4.69) is 30.8 Å². The lowest BCUT2D eigenvalue weighted by Gasteiger charge is -2.29. The maximum absolute atomic E-state index is 12.4. The number of hydrogen-bond acceptors (Lipinski definition) is 8. The van der Waals surface area contributed by atoms with E-state index in [-0.39, 0.29) is 5.69 Å². The monoisotopic (exact) mass is 426 g/mol. The standard InChI is InChI=1S/C22H34N8O/c23-18-5-10-29(11-6-18)8-1-2-9-30-12-7-21(28-22(30)31)27-20-4-3-17(14-26-20)13-25-19-15-24-16-19/h3-4,7,12,14,18-19,24-25H,1-2,5-6,8-11,13,15-16,23H2,(H,26,27,28,31). The first-order valence-electron chi connectivity index (χ1n) is 11.4. The summed E-state index contributed by atoms with van der Waals surface area (Å²) in [5, 5.41) is 9.83. The molecule has 4 rings (SSSR count). The number of rotatable bonds is 10. The van der Waals surface area contributed by atoms with Crippen molar-refractivity contribution in [3.05, 3.63) is 46.6 Å². The molecule has 2 fully saturated rings. The molecule has 2 aliphatic heterocycles. The molecule has 0 atom stereocenters. The Morgan fingerprint density at radius 1 is 1.10 bits per heavy atom. The quantitative estimate of drug-likeness (QED) is 0.410. The molecule has 0 bridgehead atoms. The van der Waals surface area contributed by atoms with E-state index in [1.165, 1.54) is 0 Å². The zero-order valence-corrected chi connectivity index (χ0v) is 18.1. The molecule has 0 unspecified atom stereocenters. The number of hydrogen-bond donors (Lipinski definition) is 4. The Labute approximate surface area is 183 Å². The molecule has 0 aliphatic carbocycles. The third-order valence-electron chi connectivity index (χ3n) is 6.09. The molecule has 0 aromatic carbocycles. The predicted octanol–water partition coefficient (Wildman–Crippen LogP) is 0.647. The molecule has 9 nitrogen and oxygen atoms in total. The molecule has 0 amide bonds. The second kappa shape index (κ2) is 10.8. The van der Waals surface area contributed by atoms with Crippen LogP contribution < -0.4 is 27.4 Å². The second-order valence-corrected chi connectivity index (χ2v) is 8.59. The lowest BCUT2D eigenvalue weighted by Crippen LogP contribution is -2.54. The molecule has 9 heteroatoms. The van der Waals surface area contributed by atoms with Gasteiger partial charge in [-0.25, -0.2) is 9.78 Å². The highest BCUT2D eigenvalue weighted by Crippen LogP contribution is 2.12. The number of aromatic nitrogens is 3. The summed E-state index contributed by atoms with van der Waals surface area (Å²) in [4.78, 5) is 23.4. The van der Waals surface area contributed by atoms with Crippen LogP contribution in [0.25, 0.3) is 0 Å². The fourth-order valence-corrected chi connectivity index (χ4v) is 3.89. The smallest absolute Gasteiger partial charge is 0.328 e. The van der Waals surface area contributed by atoms with Crippen molar-refractivity contribution in [2.75, 3.05) is 38.0 Å². The fraction of sp³-hybridized carbons (Fsp3) is 0.591. The Morgan fingerprint density at radius 2 is 1.90 bits per heavy atom. The van der Waals surface area contributed by atoms with Gasteiger partial charge in [0.1, 0.15) is 11.6 Å². The van der Waals surface area contributed by atoms with Crippen LogP contribution in [0.15, 0.2) is 35.4 Å². The Morgan fingerprint density at radius 3 is 2.58 bits per heavy atom. The fourth-order valence-electron chi connectivity index (χ4n) is 3.89. The number of unbranched alkanes of at least 4 members (excludes halogenated alkanes) is 1. The van der Waals surface area contributed by atoms with Gasteiger partial charge in [-0.2, -0.15) is 4.98 Å². The Balaban J connectivity index is 1.20. The molecule has 31 heavy (non-hydrogen) atoms. The normalized spacial score (nSPS) is 18.1. The zero-order chi connectivity index (χ0) is 21.5. The Hall–Kier alpha value is -2.33. The summed E-state index contributed by atoms with van der Waals surface area (Å²) >= 11 is 0. The summed E-state index contributed by atoms with van der Waals surface area (Å²) in [5.41, 5.74) is 6.86. The number of nitrogens with zero attached hydrogens (tertiary/aromatic N) is 4. The van der Waals surface area contributed by atoms with Crippen molar-refractivity contribution in [1.82, 2.24) is 30.1 Å². The van der Waals surface area contributed by atoms with Crippen molar-refractivity contribution in [2.24, 2.45) is 5.73 Å². The van der Waals surface area contributed by atoms with Crippen molar-refractivity contribution in [2.45, 2.75) is 50.9 Å². The van der Waals surface area contributed by atoms with Gasteiger partial charge in [-0.3, -0.25) is 4.57 Å². The zero-order valence-electron chi connectivity index (χ0n) is 18.1.